The molecule has 4 bridgehead atoms. The zero-order chi connectivity index (χ0) is 11.4. The Morgan fingerprint density at radius 3 is 2.18 bits per heavy atom. The third-order valence-corrected chi connectivity index (χ3v) is 5.23. The van der Waals surface area contributed by atoms with Crippen LogP contribution in [-0.4, -0.2) is 0 Å². The number of rotatable bonds is 0. The highest BCUT2D eigenvalue weighted by atomic mass is 14.5. The summed E-state index contributed by atoms with van der Waals surface area (Å²) in [7, 11) is 0. The zero-order valence-corrected chi connectivity index (χ0v) is 10.0. The Bertz CT molecular complexity index is 497. The molecule has 2 saturated carbocycles. The van der Waals surface area contributed by atoms with Gasteiger partial charge in [0.1, 0.15) is 0 Å². The molecule has 0 aromatic heterocycles. The van der Waals surface area contributed by atoms with Crippen molar-refractivity contribution in [2.24, 2.45) is 11.8 Å². The number of benzene rings is 1. The van der Waals surface area contributed by atoms with Crippen molar-refractivity contribution in [1.82, 2.24) is 0 Å². The molecular formula is C16H17N. The maximum Gasteiger partial charge on any atom is 0.0991 e. The van der Waals surface area contributed by atoms with Crippen LogP contribution >= 0.6 is 0 Å². The van der Waals surface area contributed by atoms with Crippen LogP contribution in [0.2, 0.25) is 0 Å². The fourth-order valence-electron chi connectivity index (χ4n) is 4.73. The van der Waals surface area contributed by atoms with Crippen molar-refractivity contribution < 1.29 is 0 Å². The Morgan fingerprint density at radius 1 is 0.882 bits per heavy atom. The molecule has 5 rings (SSSR count). The molecule has 0 unspecified atom stereocenters. The van der Waals surface area contributed by atoms with Gasteiger partial charge in [0.05, 0.1) is 11.6 Å². The highest BCUT2D eigenvalue weighted by Crippen LogP contribution is 2.56. The molecule has 4 aliphatic rings. The normalized spacial score (nSPS) is 37.4. The molecule has 2 fully saturated rings. The van der Waals surface area contributed by atoms with Gasteiger partial charge in [-0.1, -0.05) is 6.07 Å². The minimum atomic E-state index is 0.759. The van der Waals surface area contributed by atoms with Gasteiger partial charge >= 0.3 is 0 Å². The van der Waals surface area contributed by atoms with Crippen LogP contribution < -0.4 is 0 Å². The Hall–Kier alpha value is -1.29. The van der Waals surface area contributed by atoms with E-state index in [4.69, 9.17) is 5.26 Å². The molecule has 0 spiro atoms. The lowest BCUT2D eigenvalue weighted by Crippen LogP contribution is -2.25. The van der Waals surface area contributed by atoms with Gasteiger partial charge in [0, 0.05) is 0 Å². The Morgan fingerprint density at radius 2 is 1.53 bits per heavy atom. The number of nitrogens with zero attached hydrogens (tertiary/aromatic N) is 1. The zero-order valence-electron chi connectivity index (χ0n) is 10.0. The highest BCUT2D eigenvalue weighted by Gasteiger charge is 2.41. The summed E-state index contributed by atoms with van der Waals surface area (Å²) >= 11 is 0. The van der Waals surface area contributed by atoms with Gasteiger partial charge in [-0.05, 0) is 79.0 Å². The quantitative estimate of drug-likeness (QED) is 0.653. The van der Waals surface area contributed by atoms with Crippen LogP contribution in [0.5, 0.6) is 0 Å². The molecule has 17 heavy (non-hydrogen) atoms. The van der Waals surface area contributed by atoms with Crippen molar-refractivity contribution in [3.63, 3.8) is 0 Å². The van der Waals surface area contributed by atoms with Gasteiger partial charge in [-0.3, -0.25) is 0 Å². The molecule has 0 aliphatic heterocycles. The van der Waals surface area contributed by atoms with E-state index in [1.165, 1.54) is 37.7 Å². The summed E-state index contributed by atoms with van der Waals surface area (Å²) in [6, 6.07) is 8.75. The summed E-state index contributed by atoms with van der Waals surface area (Å²) < 4.78 is 0. The van der Waals surface area contributed by atoms with Gasteiger partial charge in [-0.15, -0.1) is 0 Å². The Kier molecular flexibility index (Phi) is 1.92. The maximum absolute atomic E-state index is 9.06. The van der Waals surface area contributed by atoms with Crippen LogP contribution in [0.1, 0.15) is 60.6 Å². The summed E-state index contributed by atoms with van der Waals surface area (Å²) in [4.78, 5) is 0. The Labute approximate surface area is 102 Å². The average molecular weight is 223 g/mol. The molecular weight excluding hydrogens is 206 g/mol. The maximum atomic E-state index is 9.06. The van der Waals surface area contributed by atoms with Crippen LogP contribution in [0.4, 0.5) is 0 Å². The topological polar surface area (TPSA) is 23.8 Å². The molecule has 0 saturated heterocycles. The SMILES string of the molecule is N#Cc1ccc2c(c1)C1C[C@@H]3CC2C[C@@H](C1)C3. The van der Waals surface area contributed by atoms with E-state index >= 15 is 0 Å². The first-order valence-electron chi connectivity index (χ1n) is 6.87. The van der Waals surface area contributed by atoms with E-state index in [-0.39, 0.29) is 0 Å². The average Bonchev–Trinajstić information content (AvgIpc) is 2.52. The van der Waals surface area contributed by atoms with E-state index in [0.717, 1.165) is 29.2 Å². The molecule has 0 amide bonds. The van der Waals surface area contributed by atoms with Crippen LogP contribution in [0.25, 0.3) is 0 Å². The van der Waals surface area contributed by atoms with Crippen molar-refractivity contribution in [1.29, 1.82) is 5.26 Å². The lowest BCUT2D eigenvalue weighted by Gasteiger charge is -2.38. The first kappa shape index (κ1) is 9.71. The summed E-state index contributed by atoms with van der Waals surface area (Å²) in [5.74, 6) is 3.49. The second kappa shape index (κ2) is 3.35. The fraction of sp³-hybridized carbons (Fsp3) is 0.562. The van der Waals surface area contributed by atoms with Crippen molar-refractivity contribution in [2.75, 3.05) is 0 Å². The predicted octanol–water partition coefficient (Wildman–Crippen LogP) is 3.95. The molecule has 86 valence electrons. The molecule has 1 aromatic carbocycles. The van der Waals surface area contributed by atoms with Crippen molar-refractivity contribution in [2.45, 2.75) is 43.9 Å². The van der Waals surface area contributed by atoms with Gasteiger partial charge in [-0.2, -0.15) is 5.26 Å². The van der Waals surface area contributed by atoms with Crippen LogP contribution in [0, 0.1) is 23.2 Å². The smallest absolute Gasteiger partial charge is 0.0991 e. The second-order valence-corrected chi connectivity index (χ2v) is 6.26. The summed E-state index contributed by atoms with van der Waals surface area (Å²) in [6.07, 6.45) is 7.06. The van der Waals surface area contributed by atoms with Gasteiger partial charge < -0.3 is 0 Å². The van der Waals surface area contributed by atoms with Crippen LogP contribution in [-0.2, 0) is 0 Å². The third-order valence-electron chi connectivity index (χ3n) is 5.23. The molecule has 4 aliphatic carbocycles. The Balaban J connectivity index is 1.89. The van der Waals surface area contributed by atoms with Crippen LogP contribution in [0.3, 0.4) is 0 Å². The lowest BCUT2D eigenvalue weighted by molar-refractivity contribution is 0.166. The van der Waals surface area contributed by atoms with Crippen molar-refractivity contribution >= 4 is 0 Å². The second-order valence-electron chi connectivity index (χ2n) is 6.26. The minimum absolute atomic E-state index is 0.759. The van der Waals surface area contributed by atoms with Crippen LogP contribution in [0.15, 0.2) is 18.2 Å². The monoisotopic (exact) mass is 223 g/mol. The molecule has 0 radical (unpaired) electrons. The van der Waals surface area contributed by atoms with E-state index in [1.807, 2.05) is 6.07 Å². The summed E-state index contributed by atoms with van der Waals surface area (Å²) in [5.41, 5.74) is 3.96. The van der Waals surface area contributed by atoms with Gasteiger partial charge in [0.15, 0.2) is 0 Å². The first-order valence-corrected chi connectivity index (χ1v) is 6.87. The summed E-state index contributed by atoms with van der Waals surface area (Å²) in [5, 5.41) is 9.06. The van der Waals surface area contributed by atoms with E-state index < -0.39 is 0 Å². The number of hydrogen-bond donors (Lipinski definition) is 0. The molecule has 1 heteroatoms. The van der Waals surface area contributed by atoms with Crippen molar-refractivity contribution in [3.8, 4) is 6.07 Å². The van der Waals surface area contributed by atoms with E-state index in [2.05, 4.69) is 18.2 Å². The lowest BCUT2D eigenvalue weighted by atomic mass is 9.67. The summed E-state index contributed by atoms with van der Waals surface area (Å²) in [6.45, 7) is 0. The number of nitriles is 1. The van der Waals surface area contributed by atoms with Gasteiger partial charge in [0.2, 0.25) is 0 Å². The molecule has 0 N–H and O–H groups in total. The minimum Gasteiger partial charge on any atom is -0.192 e. The molecule has 2 atom stereocenters. The van der Waals surface area contributed by atoms with Gasteiger partial charge in [-0.25, -0.2) is 0 Å². The number of hydrogen-bond acceptors (Lipinski definition) is 1. The largest absolute Gasteiger partial charge is 0.192 e. The highest BCUT2D eigenvalue weighted by molar-refractivity contribution is 5.43. The van der Waals surface area contributed by atoms with Crippen molar-refractivity contribution in [3.05, 3.63) is 34.9 Å². The molecule has 0 heterocycles. The fourth-order valence-corrected chi connectivity index (χ4v) is 4.73. The standard InChI is InChI=1S/C16H17N/c17-9-10-1-2-15-13-4-11-3-12(5-13)7-14(6-11)16(15)8-10/h1-2,8,11-14H,3-7H2/t11-,12-,13?,14?/m0/s1. The first-order chi connectivity index (χ1) is 8.33. The molecule has 1 nitrogen and oxygen atoms in total. The van der Waals surface area contributed by atoms with E-state index in [1.54, 1.807) is 5.56 Å². The van der Waals surface area contributed by atoms with E-state index in [0.29, 0.717) is 0 Å². The van der Waals surface area contributed by atoms with Gasteiger partial charge in [0.25, 0.3) is 0 Å². The van der Waals surface area contributed by atoms with E-state index in [9.17, 15) is 0 Å². The predicted molar refractivity (Wildman–Crippen MR) is 66.7 cm³/mol. The molecule has 1 aromatic rings. The third kappa shape index (κ3) is 1.37.